The van der Waals surface area contributed by atoms with E-state index in [2.05, 4.69) is 21.1 Å². The molecule has 0 aliphatic rings. The number of imidazole rings is 1. The number of aromatic nitrogens is 4. The van der Waals surface area contributed by atoms with Gasteiger partial charge in [-0.25, -0.2) is 9.97 Å². The number of rotatable bonds is 6. The maximum absolute atomic E-state index is 12.4. The van der Waals surface area contributed by atoms with Gasteiger partial charge in [0.2, 0.25) is 0 Å². The summed E-state index contributed by atoms with van der Waals surface area (Å²) < 4.78 is 3.65. The molecule has 0 aliphatic carbocycles. The van der Waals surface area contributed by atoms with Gasteiger partial charge in [-0.3, -0.25) is 9.20 Å². The van der Waals surface area contributed by atoms with E-state index in [1.54, 1.807) is 28.4 Å². The third-order valence-corrected chi connectivity index (χ3v) is 5.77. The Kier molecular flexibility index (Phi) is 5.56. The summed E-state index contributed by atoms with van der Waals surface area (Å²) >= 11 is 7.56. The molecule has 0 saturated heterocycles. The fourth-order valence-electron chi connectivity index (χ4n) is 3.10. The average molecular weight is 423 g/mol. The molecule has 146 valence electrons. The Bertz CT molecular complexity index is 1240. The standard InChI is InChI=1S/C22H19ClN4OS/c1-3-9-26-19(16-4-6-17(23)7-5-16)13-24-22(26)29-14-18-12-21(28)27-10-8-15(2)11-20(27)25-18/h3-8,10-13H,1,9,14H2,2H3. The summed E-state index contributed by atoms with van der Waals surface area (Å²) in [4.78, 5) is 21.6. The molecule has 0 saturated carbocycles. The van der Waals surface area contributed by atoms with Gasteiger partial charge in [0.1, 0.15) is 5.65 Å². The fourth-order valence-corrected chi connectivity index (χ4v) is 4.10. The zero-order valence-electron chi connectivity index (χ0n) is 15.9. The zero-order valence-corrected chi connectivity index (χ0v) is 17.5. The van der Waals surface area contributed by atoms with Crippen LogP contribution in [0.1, 0.15) is 11.3 Å². The van der Waals surface area contributed by atoms with Crippen molar-refractivity contribution in [3.05, 3.63) is 94.1 Å². The predicted octanol–water partition coefficient (Wildman–Crippen LogP) is 5.00. The van der Waals surface area contributed by atoms with Crippen LogP contribution >= 0.6 is 23.4 Å². The van der Waals surface area contributed by atoms with Gasteiger partial charge in [0.15, 0.2) is 5.16 Å². The fraction of sp³-hybridized carbons (Fsp3) is 0.136. The molecule has 7 heteroatoms. The number of thioether (sulfide) groups is 1. The Morgan fingerprint density at radius 2 is 2.00 bits per heavy atom. The van der Waals surface area contributed by atoms with Crippen LogP contribution < -0.4 is 5.56 Å². The van der Waals surface area contributed by atoms with Crippen molar-refractivity contribution < 1.29 is 0 Å². The number of nitrogens with zero attached hydrogens (tertiary/aromatic N) is 4. The third kappa shape index (κ3) is 4.13. The molecule has 0 unspecified atom stereocenters. The molecule has 0 amide bonds. The quantitative estimate of drug-likeness (QED) is 0.324. The lowest BCUT2D eigenvalue weighted by atomic mass is 10.2. The van der Waals surface area contributed by atoms with E-state index < -0.39 is 0 Å². The van der Waals surface area contributed by atoms with Crippen LogP contribution in [0.15, 0.2) is 77.5 Å². The minimum Gasteiger partial charge on any atom is -0.315 e. The van der Waals surface area contributed by atoms with Crippen LogP contribution in [0.25, 0.3) is 16.9 Å². The van der Waals surface area contributed by atoms with Crippen molar-refractivity contribution in [3.63, 3.8) is 0 Å². The van der Waals surface area contributed by atoms with Crippen molar-refractivity contribution in [1.82, 2.24) is 18.9 Å². The Labute approximate surface area is 177 Å². The second-order valence-electron chi connectivity index (χ2n) is 6.64. The second-order valence-corrected chi connectivity index (χ2v) is 8.02. The van der Waals surface area contributed by atoms with E-state index in [0.717, 1.165) is 27.7 Å². The smallest absolute Gasteiger partial charge is 0.258 e. The molecule has 4 rings (SSSR count). The number of aryl methyl sites for hydroxylation is 1. The molecule has 1 aromatic carbocycles. The summed E-state index contributed by atoms with van der Waals surface area (Å²) in [6.07, 6.45) is 5.45. The first-order valence-electron chi connectivity index (χ1n) is 9.09. The van der Waals surface area contributed by atoms with Crippen LogP contribution in [-0.2, 0) is 12.3 Å². The highest BCUT2D eigenvalue weighted by Crippen LogP contribution is 2.28. The maximum atomic E-state index is 12.4. The van der Waals surface area contributed by atoms with Crippen molar-refractivity contribution in [1.29, 1.82) is 0 Å². The van der Waals surface area contributed by atoms with Crippen molar-refractivity contribution >= 4 is 29.0 Å². The van der Waals surface area contributed by atoms with E-state index in [1.807, 2.05) is 55.6 Å². The molecule has 0 atom stereocenters. The number of pyridine rings is 1. The van der Waals surface area contributed by atoms with Crippen LogP contribution in [0.2, 0.25) is 5.02 Å². The normalized spacial score (nSPS) is 11.1. The SMILES string of the molecule is C=CCn1c(-c2ccc(Cl)cc2)cnc1SCc1cc(=O)n2ccc(C)cc2n1. The first-order chi connectivity index (χ1) is 14.0. The topological polar surface area (TPSA) is 52.2 Å². The first-order valence-corrected chi connectivity index (χ1v) is 10.5. The monoisotopic (exact) mass is 422 g/mol. The van der Waals surface area contributed by atoms with Gasteiger partial charge in [-0.15, -0.1) is 6.58 Å². The van der Waals surface area contributed by atoms with Gasteiger partial charge in [-0.2, -0.15) is 0 Å². The summed E-state index contributed by atoms with van der Waals surface area (Å²) in [6, 6.07) is 13.1. The zero-order chi connectivity index (χ0) is 20.4. The van der Waals surface area contributed by atoms with Crippen LogP contribution in [0.5, 0.6) is 0 Å². The number of hydrogen-bond acceptors (Lipinski definition) is 4. The van der Waals surface area contributed by atoms with Gasteiger partial charge in [0, 0.05) is 29.6 Å². The Hall–Kier alpha value is -2.83. The van der Waals surface area contributed by atoms with Crippen LogP contribution in [0, 0.1) is 6.92 Å². The Morgan fingerprint density at radius 3 is 2.76 bits per heavy atom. The molecule has 0 fully saturated rings. The van der Waals surface area contributed by atoms with E-state index in [9.17, 15) is 4.79 Å². The number of fused-ring (bicyclic) bond motifs is 1. The predicted molar refractivity (Wildman–Crippen MR) is 119 cm³/mol. The van der Waals surface area contributed by atoms with Gasteiger partial charge < -0.3 is 4.57 Å². The summed E-state index contributed by atoms with van der Waals surface area (Å²) in [7, 11) is 0. The highest BCUT2D eigenvalue weighted by Gasteiger charge is 2.13. The molecule has 0 bridgehead atoms. The number of benzene rings is 1. The second kappa shape index (κ2) is 8.27. The third-order valence-electron chi connectivity index (χ3n) is 4.50. The number of hydrogen-bond donors (Lipinski definition) is 0. The highest BCUT2D eigenvalue weighted by atomic mass is 35.5. The molecule has 0 radical (unpaired) electrons. The van der Waals surface area contributed by atoms with Crippen molar-refractivity contribution in [2.45, 2.75) is 24.4 Å². The summed E-state index contributed by atoms with van der Waals surface area (Å²) in [6.45, 7) is 6.48. The molecule has 29 heavy (non-hydrogen) atoms. The van der Waals surface area contributed by atoms with Gasteiger partial charge in [0.05, 0.1) is 17.6 Å². The molecule has 3 aromatic heterocycles. The lowest BCUT2D eigenvalue weighted by molar-refractivity contribution is 0.731. The maximum Gasteiger partial charge on any atom is 0.258 e. The van der Waals surface area contributed by atoms with E-state index in [4.69, 9.17) is 11.6 Å². The van der Waals surface area contributed by atoms with Crippen molar-refractivity contribution in [2.75, 3.05) is 0 Å². The lowest BCUT2D eigenvalue weighted by Crippen LogP contribution is -2.15. The number of allylic oxidation sites excluding steroid dienone is 1. The Morgan fingerprint density at radius 1 is 1.21 bits per heavy atom. The van der Waals surface area contributed by atoms with Crippen LogP contribution in [0.4, 0.5) is 0 Å². The van der Waals surface area contributed by atoms with Crippen molar-refractivity contribution in [3.8, 4) is 11.3 Å². The minimum atomic E-state index is -0.0816. The van der Waals surface area contributed by atoms with E-state index in [1.165, 1.54) is 0 Å². The molecular weight excluding hydrogens is 404 g/mol. The number of halogens is 1. The molecular formula is C22H19ClN4OS. The summed E-state index contributed by atoms with van der Waals surface area (Å²) in [5.74, 6) is 0.549. The van der Waals surface area contributed by atoms with Gasteiger partial charge in [-0.1, -0.05) is 41.6 Å². The Balaban J connectivity index is 1.63. The summed E-state index contributed by atoms with van der Waals surface area (Å²) in [5.41, 5.74) is 4.40. The van der Waals surface area contributed by atoms with Crippen LogP contribution in [0.3, 0.4) is 0 Å². The van der Waals surface area contributed by atoms with Gasteiger partial charge in [-0.05, 0) is 42.3 Å². The molecule has 5 nitrogen and oxygen atoms in total. The van der Waals surface area contributed by atoms with E-state index in [0.29, 0.717) is 23.0 Å². The molecule has 4 aromatic rings. The molecule has 0 aliphatic heterocycles. The highest BCUT2D eigenvalue weighted by molar-refractivity contribution is 7.98. The molecule has 3 heterocycles. The van der Waals surface area contributed by atoms with Crippen molar-refractivity contribution in [2.24, 2.45) is 0 Å². The van der Waals surface area contributed by atoms with E-state index >= 15 is 0 Å². The van der Waals surface area contributed by atoms with E-state index in [-0.39, 0.29) is 5.56 Å². The average Bonchev–Trinajstić information content (AvgIpc) is 3.09. The summed E-state index contributed by atoms with van der Waals surface area (Å²) in [5, 5.41) is 1.54. The van der Waals surface area contributed by atoms with Crippen LogP contribution in [-0.4, -0.2) is 18.9 Å². The largest absolute Gasteiger partial charge is 0.315 e. The van der Waals surface area contributed by atoms with Gasteiger partial charge >= 0.3 is 0 Å². The lowest BCUT2D eigenvalue weighted by Gasteiger charge is -2.10. The first kappa shape index (κ1) is 19.5. The molecule has 0 spiro atoms. The molecule has 0 N–H and O–H groups in total. The minimum absolute atomic E-state index is 0.0816. The van der Waals surface area contributed by atoms with Gasteiger partial charge in [0.25, 0.3) is 5.56 Å².